The molecule has 3 rings (SSSR count). The lowest BCUT2D eigenvalue weighted by Crippen LogP contribution is -2.40. The maximum absolute atomic E-state index is 9.64. The minimum Gasteiger partial charge on any atom is -0.490 e. The molecule has 0 aromatic heterocycles. The average molecular weight is 360 g/mol. The summed E-state index contributed by atoms with van der Waals surface area (Å²) in [6, 6.07) is 5.37. The number of rotatable bonds is 4. The van der Waals surface area contributed by atoms with E-state index in [1.165, 1.54) is 0 Å². The molecule has 0 amide bonds. The molecule has 0 unspecified atom stereocenters. The van der Waals surface area contributed by atoms with Gasteiger partial charge in [0.05, 0.1) is 22.3 Å². The van der Waals surface area contributed by atoms with Crippen LogP contribution in [0.2, 0.25) is 10.0 Å². The Morgan fingerprint density at radius 2 is 1.70 bits per heavy atom. The quantitative estimate of drug-likeness (QED) is 0.867. The summed E-state index contributed by atoms with van der Waals surface area (Å²) in [4.78, 5) is 2.41. The van der Waals surface area contributed by atoms with Gasteiger partial charge in [-0.25, -0.2) is 0 Å². The van der Waals surface area contributed by atoms with Crippen molar-refractivity contribution in [1.29, 1.82) is 0 Å². The molecule has 1 aromatic carbocycles. The van der Waals surface area contributed by atoms with Gasteiger partial charge in [-0.15, -0.1) is 0 Å². The Labute approximate surface area is 147 Å². The highest BCUT2D eigenvalue weighted by atomic mass is 35.5. The molecule has 6 heteroatoms. The van der Waals surface area contributed by atoms with Gasteiger partial charge < -0.3 is 19.8 Å². The molecule has 1 aliphatic heterocycles. The third-order valence-corrected chi connectivity index (χ3v) is 5.58. The van der Waals surface area contributed by atoms with Gasteiger partial charge in [-0.2, -0.15) is 0 Å². The van der Waals surface area contributed by atoms with Crippen LogP contribution in [0.4, 0.5) is 0 Å². The van der Waals surface area contributed by atoms with Crippen molar-refractivity contribution in [2.75, 3.05) is 19.6 Å². The van der Waals surface area contributed by atoms with Crippen molar-refractivity contribution in [2.24, 2.45) is 5.92 Å². The summed E-state index contributed by atoms with van der Waals surface area (Å²) in [6.07, 6.45) is 2.46. The molecular formula is C17H23Cl2NO3. The maximum Gasteiger partial charge on any atom is 0.121 e. The molecule has 2 fully saturated rings. The molecule has 128 valence electrons. The number of halogens is 2. The average Bonchev–Trinajstić information content (AvgIpc) is 2.83. The molecule has 2 atom stereocenters. The Kier molecular flexibility index (Phi) is 5.70. The van der Waals surface area contributed by atoms with Crippen LogP contribution in [-0.4, -0.2) is 53.1 Å². The molecule has 1 aromatic rings. The zero-order valence-corrected chi connectivity index (χ0v) is 14.5. The van der Waals surface area contributed by atoms with Gasteiger partial charge in [0.25, 0.3) is 0 Å². The first-order chi connectivity index (χ1) is 11.0. The van der Waals surface area contributed by atoms with Gasteiger partial charge in [0, 0.05) is 25.7 Å². The summed E-state index contributed by atoms with van der Waals surface area (Å²) in [5.41, 5.74) is 0. The van der Waals surface area contributed by atoms with Crippen LogP contribution in [0.1, 0.15) is 25.7 Å². The number of aliphatic hydroxyl groups excluding tert-OH is 2. The van der Waals surface area contributed by atoms with Crippen LogP contribution >= 0.6 is 23.2 Å². The van der Waals surface area contributed by atoms with E-state index in [1.54, 1.807) is 12.1 Å². The summed E-state index contributed by atoms with van der Waals surface area (Å²) in [6.45, 7) is 2.91. The highest BCUT2D eigenvalue weighted by molar-refractivity contribution is 6.42. The van der Waals surface area contributed by atoms with Crippen molar-refractivity contribution < 1.29 is 14.9 Å². The van der Waals surface area contributed by atoms with E-state index >= 15 is 0 Å². The number of aliphatic hydroxyl groups is 2. The standard InChI is InChI=1S/C17H23Cl2NO3/c18-14-2-1-13(9-15(14)19)23-12-3-5-20(6-4-12)10-11-7-16(21)17(22)8-11/h1-2,9,11-12,16-17,21-22H,3-8,10H2/t16-,17-/m0/s1. The molecule has 1 saturated carbocycles. The smallest absolute Gasteiger partial charge is 0.121 e. The first-order valence-electron chi connectivity index (χ1n) is 8.21. The van der Waals surface area contributed by atoms with Gasteiger partial charge in [0.15, 0.2) is 0 Å². The van der Waals surface area contributed by atoms with Crippen molar-refractivity contribution in [3.05, 3.63) is 28.2 Å². The molecule has 4 nitrogen and oxygen atoms in total. The summed E-state index contributed by atoms with van der Waals surface area (Å²) >= 11 is 11.9. The lowest BCUT2D eigenvalue weighted by atomic mass is 10.0. The van der Waals surface area contributed by atoms with Gasteiger partial charge in [-0.05, 0) is 43.7 Å². The SMILES string of the molecule is O[C@H]1CC(CN2CCC(Oc3ccc(Cl)c(Cl)c3)CC2)C[C@@H]1O. The van der Waals surface area contributed by atoms with E-state index in [1.807, 2.05) is 6.07 Å². The van der Waals surface area contributed by atoms with Crippen LogP contribution < -0.4 is 4.74 Å². The third-order valence-electron chi connectivity index (χ3n) is 4.84. The molecule has 1 heterocycles. The van der Waals surface area contributed by atoms with Crippen molar-refractivity contribution in [3.8, 4) is 5.75 Å². The molecule has 0 bridgehead atoms. The molecule has 2 aliphatic rings. The zero-order chi connectivity index (χ0) is 16.4. The van der Waals surface area contributed by atoms with E-state index in [0.29, 0.717) is 28.8 Å². The highest BCUT2D eigenvalue weighted by Crippen LogP contribution is 2.30. The number of likely N-dealkylation sites (tertiary alicyclic amines) is 1. The molecule has 1 aliphatic carbocycles. The van der Waals surface area contributed by atoms with Gasteiger partial charge >= 0.3 is 0 Å². The van der Waals surface area contributed by atoms with Crippen LogP contribution in [-0.2, 0) is 0 Å². The van der Waals surface area contributed by atoms with E-state index in [0.717, 1.165) is 38.2 Å². The van der Waals surface area contributed by atoms with Crippen LogP contribution in [0.25, 0.3) is 0 Å². The second kappa shape index (κ2) is 7.58. The van der Waals surface area contributed by atoms with Crippen molar-refractivity contribution >= 4 is 23.2 Å². The Bertz CT molecular complexity index is 525. The molecule has 2 N–H and O–H groups in total. The first kappa shape index (κ1) is 17.3. The van der Waals surface area contributed by atoms with Gasteiger partial charge in [0.1, 0.15) is 11.9 Å². The number of ether oxygens (including phenoxy) is 1. The molecule has 23 heavy (non-hydrogen) atoms. The van der Waals surface area contributed by atoms with E-state index in [4.69, 9.17) is 27.9 Å². The van der Waals surface area contributed by atoms with Crippen LogP contribution in [0.3, 0.4) is 0 Å². The Hall–Kier alpha value is -0.520. The van der Waals surface area contributed by atoms with Crippen LogP contribution in [0, 0.1) is 5.92 Å². The van der Waals surface area contributed by atoms with Gasteiger partial charge in [-0.1, -0.05) is 23.2 Å². The minimum absolute atomic E-state index is 0.197. The Morgan fingerprint density at radius 3 is 2.30 bits per heavy atom. The second-order valence-electron chi connectivity index (χ2n) is 6.67. The van der Waals surface area contributed by atoms with E-state index in [9.17, 15) is 10.2 Å². The lowest BCUT2D eigenvalue weighted by molar-refractivity contribution is 0.0438. The molecular weight excluding hydrogens is 337 g/mol. The third kappa shape index (κ3) is 4.52. The predicted octanol–water partition coefficient (Wildman–Crippen LogP) is 2.97. The van der Waals surface area contributed by atoms with E-state index in [2.05, 4.69) is 4.90 Å². The van der Waals surface area contributed by atoms with Crippen molar-refractivity contribution in [1.82, 2.24) is 4.90 Å². The summed E-state index contributed by atoms with van der Waals surface area (Å²) in [5.74, 6) is 1.16. The number of benzene rings is 1. The number of piperidine rings is 1. The summed E-state index contributed by atoms with van der Waals surface area (Å²) in [7, 11) is 0. The normalized spacial score (nSPS) is 27.5. The van der Waals surface area contributed by atoms with Crippen LogP contribution in [0.15, 0.2) is 18.2 Å². The first-order valence-corrected chi connectivity index (χ1v) is 8.97. The molecule has 0 radical (unpaired) electrons. The maximum atomic E-state index is 9.64. The Morgan fingerprint density at radius 1 is 1.04 bits per heavy atom. The molecule has 0 spiro atoms. The Balaban J connectivity index is 1.44. The second-order valence-corrected chi connectivity index (χ2v) is 7.48. The number of hydrogen-bond donors (Lipinski definition) is 2. The fourth-order valence-corrected chi connectivity index (χ4v) is 3.85. The zero-order valence-electron chi connectivity index (χ0n) is 13.0. The topological polar surface area (TPSA) is 52.9 Å². The predicted molar refractivity (Wildman–Crippen MR) is 91.3 cm³/mol. The summed E-state index contributed by atoms with van der Waals surface area (Å²) in [5, 5.41) is 20.3. The number of hydrogen-bond acceptors (Lipinski definition) is 4. The van der Waals surface area contributed by atoms with Crippen LogP contribution in [0.5, 0.6) is 5.75 Å². The fraction of sp³-hybridized carbons (Fsp3) is 0.647. The van der Waals surface area contributed by atoms with Gasteiger partial charge in [0.2, 0.25) is 0 Å². The highest BCUT2D eigenvalue weighted by Gasteiger charge is 2.33. The van der Waals surface area contributed by atoms with Crippen molar-refractivity contribution in [2.45, 2.75) is 44.0 Å². The van der Waals surface area contributed by atoms with Gasteiger partial charge in [-0.3, -0.25) is 0 Å². The van der Waals surface area contributed by atoms with E-state index < -0.39 is 12.2 Å². The fourth-order valence-electron chi connectivity index (χ4n) is 3.56. The number of nitrogens with zero attached hydrogens (tertiary/aromatic N) is 1. The largest absolute Gasteiger partial charge is 0.490 e. The lowest BCUT2D eigenvalue weighted by Gasteiger charge is -2.33. The van der Waals surface area contributed by atoms with Crippen molar-refractivity contribution in [3.63, 3.8) is 0 Å². The molecule has 1 saturated heterocycles. The monoisotopic (exact) mass is 359 g/mol. The van der Waals surface area contributed by atoms with E-state index in [-0.39, 0.29) is 6.10 Å². The summed E-state index contributed by atoms with van der Waals surface area (Å²) < 4.78 is 5.99. The minimum atomic E-state index is -0.546.